The summed E-state index contributed by atoms with van der Waals surface area (Å²) < 4.78 is 1.07. The molecule has 0 aliphatic carbocycles. The summed E-state index contributed by atoms with van der Waals surface area (Å²) in [5.74, 6) is -0.847. The number of carboxylic acids is 1. The van der Waals surface area contributed by atoms with Crippen LogP contribution in [0.4, 0.5) is 0 Å². The van der Waals surface area contributed by atoms with Crippen molar-refractivity contribution in [3.05, 3.63) is 64.7 Å². The second-order valence-electron chi connectivity index (χ2n) is 5.32. The third-order valence-electron chi connectivity index (χ3n) is 3.64. The molecule has 1 aromatic heterocycles. The van der Waals surface area contributed by atoms with Crippen molar-refractivity contribution in [1.29, 1.82) is 0 Å². The molecule has 3 nitrogen and oxygen atoms in total. The average molecular weight is 323 g/mol. The highest BCUT2D eigenvalue weighted by molar-refractivity contribution is 7.19. The van der Waals surface area contributed by atoms with Gasteiger partial charge in [0, 0.05) is 0 Å². The lowest BCUT2D eigenvalue weighted by atomic mass is 10.1. The molecule has 4 heteroatoms. The van der Waals surface area contributed by atoms with Crippen LogP contribution in [0.25, 0.3) is 21.9 Å². The minimum atomic E-state index is -0.847. The number of fused-ring (bicyclic) bond motifs is 1. The van der Waals surface area contributed by atoms with Crippen molar-refractivity contribution in [2.24, 2.45) is 0 Å². The van der Waals surface area contributed by atoms with Crippen LogP contribution in [-0.2, 0) is 11.2 Å². The van der Waals surface area contributed by atoms with E-state index in [1.165, 1.54) is 16.9 Å². The van der Waals surface area contributed by atoms with E-state index in [9.17, 15) is 9.90 Å². The maximum atomic E-state index is 11.2. The summed E-state index contributed by atoms with van der Waals surface area (Å²) >= 11 is 1.53. The van der Waals surface area contributed by atoms with Crippen molar-refractivity contribution in [2.45, 2.75) is 19.8 Å². The van der Waals surface area contributed by atoms with Crippen molar-refractivity contribution in [2.75, 3.05) is 0 Å². The second kappa shape index (κ2) is 6.75. The van der Waals surface area contributed by atoms with Gasteiger partial charge < -0.3 is 5.11 Å². The van der Waals surface area contributed by atoms with Gasteiger partial charge in [0.2, 0.25) is 0 Å². The highest BCUT2D eigenvalue weighted by Crippen LogP contribution is 2.30. The van der Waals surface area contributed by atoms with Crippen LogP contribution in [0.1, 0.15) is 29.5 Å². The predicted molar refractivity (Wildman–Crippen MR) is 95.6 cm³/mol. The summed E-state index contributed by atoms with van der Waals surface area (Å²) in [6.07, 6.45) is 2.88. The Hall–Kier alpha value is -2.46. The molecule has 3 rings (SSSR count). The number of carboxylic acid groups (broad SMARTS) is 1. The number of para-hydroxylation sites is 1. The molecule has 0 saturated carbocycles. The molecule has 0 aliphatic rings. The fraction of sp³-hybridized carbons (Fsp3) is 0.158. The topological polar surface area (TPSA) is 50.2 Å². The molecule has 0 fully saturated rings. The van der Waals surface area contributed by atoms with Gasteiger partial charge in [-0.3, -0.25) is 4.79 Å². The van der Waals surface area contributed by atoms with Gasteiger partial charge in [-0.25, -0.2) is 4.98 Å². The fourth-order valence-electron chi connectivity index (χ4n) is 2.41. The van der Waals surface area contributed by atoms with Gasteiger partial charge >= 0.3 is 5.97 Å². The first-order chi connectivity index (χ1) is 11.2. The largest absolute Gasteiger partial charge is 0.481 e. The lowest BCUT2D eigenvalue weighted by molar-refractivity contribution is -0.135. The van der Waals surface area contributed by atoms with Gasteiger partial charge in [0.1, 0.15) is 5.01 Å². The Labute approximate surface area is 138 Å². The standard InChI is InChI=1S/C19H17NO2S/c1-2-13-7-9-14(10-8-13)11-15(12-18(21)22)19-20-16-5-3-4-6-17(16)23-19/h3-11H,2,12H2,1H3,(H,21,22)/b15-11-. The maximum Gasteiger partial charge on any atom is 0.307 e. The highest BCUT2D eigenvalue weighted by Gasteiger charge is 2.12. The van der Waals surface area contributed by atoms with E-state index >= 15 is 0 Å². The van der Waals surface area contributed by atoms with Crippen molar-refractivity contribution >= 4 is 39.2 Å². The van der Waals surface area contributed by atoms with E-state index in [0.29, 0.717) is 0 Å². The number of nitrogens with zero attached hydrogens (tertiary/aromatic N) is 1. The number of aryl methyl sites for hydroxylation is 1. The molecule has 0 radical (unpaired) electrons. The van der Waals surface area contributed by atoms with Crippen LogP contribution in [0.15, 0.2) is 48.5 Å². The highest BCUT2D eigenvalue weighted by atomic mass is 32.1. The van der Waals surface area contributed by atoms with Gasteiger partial charge in [0.25, 0.3) is 0 Å². The molecule has 0 amide bonds. The van der Waals surface area contributed by atoms with Crippen LogP contribution in [0.3, 0.4) is 0 Å². The number of hydrogen-bond acceptors (Lipinski definition) is 3. The van der Waals surface area contributed by atoms with Gasteiger partial charge in [-0.05, 0) is 41.3 Å². The number of thiazole rings is 1. The van der Waals surface area contributed by atoms with Crippen LogP contribution in [0, 0.1) is 0 Å². The average Bonchev–Trinajstić information content (AvgIpc) is 2.98. The van der Waals surface area contributed by atoms with Crippen molar-refractivity contribution in [1.82, 2.24) is 4.98 Å². The van der Waals surface area contributed by atoms with Gasteiger partial charge in [-0.15, -0.1) is 11.3 Å². The van der Waals surface area contributed by atoms with E-state index in [1.54, 1.807) is 0 Å². The lowest BCUT2D eigenvalue weighted by Crippen LogP contribution is -1.97. The fourth-order valence-corrected chi connectivity index (χ4v) is 3.39. The zero-order valence-corrected chi connectivity index (χ0v) is 13.6. The van der Waals surface area contributed by atoms with Crippen LogP contribution < -0.4 is 0 Å². The second-order valence-corrected chi connectivity index (χ2v) is 6.35. The first kappa shape index (κ1) is 15.4. The van der Waals surface area contributed by atoms with Crippen molar-refractivity contribution in [3.8, 4) is 0 Å². The van der Waals surface area contributed by atoms with Gasteiger partial charge in [-0.1, -0.05) is 43.3 Å². The normalized spacial score (nSPS) is 11.8. The monoisotopic (exact) mass is 323 g/mol. The molecule has 0 unspecified atom stereocenters. The Morgan fingerprint density at radius 3 is 2.57 bits per heavy atom. The number of aliphatic carboxylic acids is 1. The molecule has 0 aliphatic heterocycles. The Morgan fingerprint density at radius 1 is 1.17 bits per heavy atom. The molecule has 0 saturated heterocycles. The lowest BCUT2D eigenvalue weighted by Gasteiger charge is -2.03. The minimum absolute atomic E-state index is 0.0324. The van der Waals surface area contributed by atoms with Crippen LogP contribution in [-0.4, -0.2) is 16.1 Å². The molecule has 23 heavy (non-hydrogen) atoms. The number of carbonyl (C=O) groups is 1. The summed E-state index contributed by atoms with van der Waals surface area (Å²) in [5.41, 5.74) is 3.91. The molecule has 0 bridgehead atoms. The number of hydrogen-bond donors (Lipinski definition) is 1. The Balaban J connectivity index is 2.01. The summed E-state index contributed by atoms with van der Waals surface area (Å²) in [6.45, 7) is 2.11. The first-order valence-electron chi connectivity index (χ1n) is 7.53. The first-order valence-corrected chi connectivity index (χ1v) is 8.34. The van der Waals surface area contributed by atoms with Gasteiger partial charge in [0.15, 0.2) is 0 Å². The zero-order chi connectivity index (χ0) is 16.2. The minimum Gasteiger partial charge on any atom is -0.481 e. The number of rotatable bonds is 5. The maximum absolute atomic E-state index is 11.2. The molecule has 2 aromatic carbocycles. The number of aromatic nitrogens is 1. The van der Waals surface area contributed by atoms with E-state index in [0.717, 1.165) is 32.8 Å². The molecule has 0 atom stereocenters. The van der Waals surface area contributed by atoms with E-state index in [4.69, 9.17) is 0 Å². The molecule has 1 heterocycles. The van der Waals surface area contributed by atoms with Gasteiger partial charge in [0.05, 0.1) is 16.6 Å². The quantitative estimate of drug-likeness (QED) is 0.728. The molecular weight excluding hydrogens is 306 g/mol. The van der Waals surface area contributed by atoms with Crippen molar-refractivity contribution in [3.63, 3.8) is 0 Å². The third kappa shape index (κ3) is 3.66. The van der Waals surface area contributed by atoms with Gasteiger partial charge in [-0.2, -0.15) is 0 Å². The Kier molecular flexibility index (Phi) is 4.53. The Morgan fingerprint density at radius 2 is 1.91 bits per heavy atom. The molecule has 3 aromatic rings. The molecular formula is C19H17NO2S. The predicted octanol–water partition coefficient (Wildman–Crippen LogP) is 4.87. The van der Waals surface area contributed by atoms with E-state index < -0.39 is 5.97 Å². The van der Waals surface area contributed by atoms with Crippen LogP contribution in [0.5, 0.6) is 0 Å². The van der Waals surface area contributed by atoms with E-state index in [-0.39, 0.29) is 6.42 Å². The van der Waals surface area contributed by atoms with E-state index in [2.05, 4.69) is 24.0 Å². The Bertz CT molecular complexity index is 829. The van der Waals surface area contributed by atoms with Crippen molar-refractivity contribution < 1.29 is 9.90 Å². The summed E-state index contributed by atoms with van der Waals surface area (Å²) in [4.78, 5) is 15.8. The third-order valence-corrected chi connectivity index (χ3v) is 4.75. The van der Waals surface area contributed by atoms with Crippen LogP contribution >= 0.6 is 11.3 Å². The van der Waals surface area contributed by atoms with Crippen LogP contribution in [0.2, 0.25) is 0 Å². The summed E-state index contributed by atoms with van der Waals surface area (Å²) in [6, 6.07) is 16.0. The van der Waals surface area contributed by atoms with E-state index in [1.807, 2.05) is 42.5 Å². The number of benzene rings is 2. The summed E-state index contributed by atoms with van der Waals surface area (Å²) in [5, 5.41) is 9.99. The molecule has 1 N–H and O–H groups in total. The zero-order valence-electron chi connectivity index (χ0n) is 12.8. The summed E-state index contributed by atoms with van der Waals surface area (Å²) in [7, 11) is 0. The molecule has 116 valence electrons. The molecule has 0 spiro atoms. The SMILES string of the molecule is CCc1ccc(/C=C(/CC(=O)O)c2nc3ccccc3s2)cc1. The smallest absolute Gasteiger partial charge is 0.307 e.